The Morgan fingerprint density at radius 2 is 0.470 bits per heavy atom. The van der Waals surface area contributed by atoms with Crippen LogP contribution in [-0.2, 0) is 28.6 Å². The Balaban J connectivity index is 3.96. The summed E-state index contributed by atoms with van der Waals surface area (Å²) in [5, 5.41) is 0. The van der Waals surface area contributed by atoms with Gasteiger partial charge in [-0.15, -0.1) is 0 Å². The van der Waals surface area contributed by atoms with E-state index in [4.69, 9.17) is 14.2 Å². The van der Waals surface area contributed by atoms with E-state index < -0.39 is 6.10 Å². The monoisotopic (exact) mass is 1160 g/mol. The summed E-state index contributed by atoms with van der Waals surface area (Å²) in [6.45, 7) is 6.47. The van der Waals surface area contributed by atoms with Gasteiger partial charge in [-0.2, -0.15) is 0 Å². The third-order valence-corrected chi connectivity index (χ3v) is 15.6. The van der Waals surface area contributed by atoms with Crippen molar-refractivity contribution in [2.24, 2.45) is 0 Å². The molecule has 0 aliphatic carbocycles. The summed E-state index contributed by atoms with van der Waals surface area (Å²) >= 11 is 0. The van der Waals surface area contributed by atoms with Crippen molar-refractivity contribution >= 4 is 17.9 Å². The normalized spacial score (nSPS) is 12.7. The van der Waals surface area contributed by atoms with Crippen LogP contribution >= 0.6 is 0 Å². The zero-order valence-corrected chi connectivity index (χ0v) is 54.9. The van der Waals surface area contributed by atoms with E-state index in [0.717, 1.165) is 109 Å². The van der Waals surface area contributed by atoms with E-state index in [1.807, 2.05) is 0 Å². The average Bonchev–Trinajstić information content (AvgIpc) is 3.49. The van der Waals surface area contributed by atoms with E-state index in [-0.39, 0.29) is 31.1 Å². The third kappa shape index (κ3) is 69.0. The highest BCUT2D eigenvalue weighted by atomic mass is 16.6. The molecule has 0 radical (unpaired) electrons. The fraction of sp³-hybridized carbons (Fsp3) is 0.753. The van der Waals surface area contributed by atoms with Gasteiger partial charge in [-0.3, -0.25) is 14.4 Å². The molecule has 0 N–H and O–H groups in total. The molecule has 0 heterocycles. The summed E-state index contributed by atoms with van der Waals surface area (Å²) in [5.41, 5.74) is 0. The summed E-state index contributed by atoms with van der Waals surface area (Å²) in [5.74, 6) is -0.878. The predicted octanol–water partition coefficient (Wildman–Crippen LogP) is 24.8. The Labute approximate surface area is 515 Å². The van der Waals surface area contributed by atoms with Crippen LogP contribution in [0.25, 0.3) is 0 Å². The van der Waals surface area contributed by atoms with Crippen LogP contribution in [0.5, 0.6) is 0 Å². The molecule has 478 valence electrons. The van der Waals surface area contributed by atoms with Gasteiger partial charge in [-0.05, 0) is 103 Å². The van der Waals surface area contributed by atoms with Crippen molar-refractivity contribution in [2.75, 3.05) is 13.2 Å². The zero-order valence-electron chi connectivity index (χ0n) is 54.9. The van der Waals surface area contributed by atoms with Gasteiger partial charge in [-0.25, -0.2) is 0 Å². The number of unbranched alkanes of at least 4 members (excludes halogenated alkanes) is 38. The van der Waals surface area contributed by atoms with Crippen molar-refractivity contribution in [3.63, 3.8) is 0 Å². The zero-order chi connectivity index (χ0) is 59.9. The summed E-state index contributed by atoms with van der Waals surface area (Å²) in [4.78, 5) is 38.0. The van der Waals surface area contributed by atoms with Crippen molar-refractivity contribution in [1.29, 1.82) is 0 Å². The lowest BCUT2D eigenvalue weighted by Crippen LogP contribution is -2.30. The number of ether oxygens (including phenoxy) is 3. The summed E-state index contributed by atoms with van der Waals surface area (Å²) in [6, 6.07) is 0. The Hall–Kier alpha value is -3.67. The van der Waals surface area contributed by atoms with E-state index in [1.54, 1.807) is 0 Å². The van der Waals surface area contributed by atoms with Crippen LogP contribution in [-0.4, -0.2) is 37.2 Å². The molecule has 0 aliphatic rings. The first kappa shape index (κ1) is 79.3. The second kappa shape index (κ2) is 70.8. The van der Waals surface area contributed by atoms with Crippen molar-refractivity contribution in [3.8, 4) is 0 Å². The molecule has 0 bridgehead atoms. The number of rotatable bonds is 65. The van der Waals surface area contributed by atoms with Gasteiger partial charge in [0, 0.05) is 19.3 Å². The number of carbonyl (C=O) groups excluding carboxylic acids is 3. The van der Waals surface area contributed by atoms with E-state index in [0.29, 0.717) is 19.3 Å². The van der Waals surface area contributed by atoms with Crippen LogP contribution in [0.4, 0.5) is 0 Å². The van der Waals surface area contributed by atoms with E-state index in [9.17, 15) is 14.4 Å². The van der Waals surface area contributed by atoms with E-state index in [2.05, 4.69) is 118 Å². The first-order valence-electron chi connectivity index (χ1n) is 35.7. The second-order valence-corrected chi connectivity index (χ2v) is 23.8. The first-order valence-corrected chi connectivity index (χ1v) is 35.7. The van der Waals surface area contributed by atoms with Gasteiger partial charge >= 0.3 is 17.9 Å². The standard InChI is InChI=1S/C77H134O6/c1-4-7-10-13-15-17-19-21-23-25-27-29-31-33-35-36-37-38-39-40-42-43-45-47-49-51-53-55-57-59-61-64-67-70-76(79)82-73-74(72-81-75(78)69-66-63-12-9-6-3)83-77(80)71-68-65-62-60-58-56-54-52-50-48-46-44-41-34-32-30-28-26-24-22-20-18-16-14-11-8-5-2/h8,11,16,18-19,21-22,24-25,27-28,30-31,33-34,41,74H,4-7,9-10,12-15,17,20,23,26,29,32,35-40,42-73H2,1-3H3/b11-8-,18-16-,21-19-,24-22-,27-25-,30-28-,33-31-,41-34-. The molecule has 0 spiro atoms. The fourth-order valence-corrected chi connectivity index (χ4v) is 10.2. The smallest absolute Gasteiger partial charge is 0.306 e. The highest BCUT2D eigenvalue weighted by molar-refractivity contribution is 5.71. The van der Waals surface area contributed by atoms with Crippen LogP contribution in [0.2, 0.25) is 0 Å². The predicted molar refractivity (Wildman–Crippen MR) is 362 cm³/mol. The van der Waals surface area contributed by atoms with Gasteiger partial charge in [-0.1, -0.05) is 330 Å². The number of esters is 3. The quantitative estimate of drug-likeness (QED) is 0.0261. The lowest BCUT2D eigenvalue weighted by Gasteiger charge is -2.18. The maximum atomic E-state index is 12.9. The lowest BCUT2D eigenvalue weighted by molar-refractivity contribution is -0.167. The third-order valence-electron chi connectivity index (χ3n) is 15.6. The Morgan fingerprint density at radius 3 is 0.735 bits per heavy atom. The molecule has 0 amide bonds. The Morgan fingerprint density at radius 1 is 0.253 bits per heavy atom. The molecule has 6 nitrogen and oxygen atoms in total. The summed E-state index contributed by atoms with van der Waals surface area (Å²) in [7, 11) is 0. The fourth-order valence-electron chi connectivity index (χ4n) is 10.2. The molecule has 0 saturated heterocycles. The largest absolute Gasteiger partial charge is 0.462 e. The second-order valence-electron chi connectivity index (χ2n) is 23.8. The van der Waals surface area contributed by atoms with Gasteiger partial charge in [0.2, 0.25) is 0 Å². The summed E-state index contributed by atoms with van der Waals surface area (Å²) in [6.07, 6.45) is 96.4. The minimum absolute atomic E-state index is 0.0752. The molecule has 1 unspecified atom stereocenters. The molecule has 0 fully saturated rings. The van der Waals surface area contributed by atoms with Crippen LogP contribution in [0.1, 0.15) is 355 Å². The summed E-state index contributed by atoms with van der Waals surface area (Å²) < 4.78 is 16.8. The molecule has 0 aliphatic heterocycles. The van der Waals surface area contributed by atoms with Crippen molar-refractivity contribution in [3.05, 3.63) is 97.2 Å². The van der Waals surface area contributed by atoms with Crippen LogP contribution in [0, 0.1) is 0 Å². The molecule has 0 aromatic rings. The number of hydrogen-bond acceptors (Lipinski definition) is 6. The van der Waals surface area contributed by atoms with Gasteiger partial charge in [0.05, 0.1) is 0 Å². The minimum Gasteiger partial charge on any atom is -0.462 e. The first-order chi connectivity index (χ1) is 41.0. The lowest BCUT2D eigenvalue weighted by atomic mass is 10.0. The van der Waals surface area contributed by atoms with Crippen molar-refractivity contribution in [2.45, 2.75) is 361 Å². The molecule has 1 atom stereocenters. The molecule has 0 saturated carbocycles. The number of allylic oxidation sites excluding steroid dienone is 16. The van der Waals surface area contributed by atoms with Crippen LogP contribution in [0.3, 0.4) is 0 Å². The molecule has 0 aromatic carbocycles. The number of hydrogen-bond donors (Lipinski definition) is 0. The molecule has 0 rings (SSSR count). The number of carbonyl (C=O) groups is 3. The van der Waals surface area contributed by atoms with Crippen LogP contribution in [0.15, 0.2) is 97.2 Å². The van der Waals surface area contributed by atoms with E-state index >= 15 is 0 Å². The van der Waals surface area contributed by atoms with Gasteiger partial charge in [0.1, 0.15) is 13.2 Å². The maximum Gasteiger partial charge on any atom is 0.306 e. The molecule has 83 heavy (non-hydrogen) atoms. The van der Waals surface area contributed by atoms with Gasteiger partial charge < -0.3 is 14.2 Å². The minimum atomic E-state index is -0.775. The Bertz CT molecular complexity index is 1610. The molecular formula is C77H134O6. The highest BCUT2D eigenvalue weighted by Crippen LogP contribution is 2.18. The van der Waals surface area contributed by atoms with Crippen molar-refractivity contribution < 1.29 is 28.6 Å². The Kier molecular flexibility index (Phi) is 67.7. The van der Waals surface area contributed by atoms with Crippen LogP contribution < -0.4 is 0 Å². The van der Waals surface area contributed by atoms with Gasteiger partial charge in [0.15, 0.2) is 6.10 Å². The van der Waals surface area contributed by atoms with Crippen molar-refractivity contribution in [1.82, 2.24) is 0 Å². The molecule has 6 heteroatoms. The average molecular weight is 1160 g/mol. The molecular weight excluding hydrogens is 1020 g/mol. The SMILES string of the molecule is CC/C=C\C/C=C\C/C=C\C/C=C\C/C=C\CCCCCCCCCCCCCC(=O)OC(COC(=O)CCCCCCC)COC(=O)CCCCCCCCCCCCCCCCCCCC/C=C\C/C=C\C/C=C\CCCCCCC. The topological polar surface area (TPSA) is 78.9 Å². The maximum absolute atomic E-state index is 12.9. The highest BCUT2D eigenvalue weighted by Gasteiger charge is 2.19. The van der Waals surface area contributed by atoms with Gasteiger partial charge in [0.25, 0.3) is 0 Å². The molecule has 0 aromatic heterocycles. The van der Waals surface area contributed by atoms with E-state index in [1.165, 1.54) is 205 Å².